The Bertz CT molecular complexity index is 1550. The fourth-order valence-electron chi connectivity index (χ4n) is 5.94. The monoisotopic (exact) mass is 575 g/mol. The molecule has 0 unspecified atom stereocenters. The summed E-state index contributed by atoms with van der Waals surface area (Å²) in [6.45, 7) is 5.00. The predicted octanol–water partition coefficient (Wildman–Crippen LogP) is 3.82. The number of carbonyl (C=O) groups is 3. The van der Waals surface area contributed by atoms with Crippen LogP contribution in [-0.4, -0.2) is 55.3 Å². The molecule has 1 saturated heterocycles. The Morgan fingerprint density at radius 1 is 0.698 bits per heavy atom. The van der Waals surface area contributed by atoms with Crippen molar-refractivity contribution in [3.63, 3.8) is 0 Å². The van der Waals surface area contributed by atoms with Gasteiger partial charge in [-0.05, 0) is 73.3 Å². The predicted molar refractivity (Wildman–Crippen MR) is 168 cm³/mol. The van der Waals surface area contributed by atoms with Crippen LogP contribution < -0.4 is 21.3 Å². The third kappa shape index (κ3) is 6.61. The van der Waals surface area contributed by atoms with E-state index in [0.717, 1.165) is 47.3 Å². The van der Waals surface area contributed by atoms with E-state index in [1.165, 1.54) is 32.4 Å². The lowest BCUT2D eigenvalue weighted by Crippen LogP contribution is -2.36. The third-order valence-corrected chi connectivity index (χ3v) is 8.26. The molecule has 1 fully saturated rings. The molecule has 3 aromatic carbocycles. The van der Waals surface area contributed by atoms with Crippen molar-refractivity contribution in [3.8, 4) is 11.1 Å². The molecule has 3 heterocycles. The number of carbonyl (C=O) groups excluding carboxylic acids is 3. The zero-order valence-corrected chi connectivity index (χ0v) is 24.2. The fourth-order valence-corrected chi connectivity index (χ4v) is 5.94. The van der Waals surface area contributed by atoms with Gasteiger partial charge < -0.3 is 26.2 Å². The molecule has 6 rings (SSSR count). The van der Waals surface area contributed by atoms with E-state index in [-0.39, 0.29) is 17.7 Å². The summed E-state index contributed by atoms with van der Waals surface area (Å²) in [5.41, 5.74) is 6.35. The number of piperidine rings is 1. The number of benzene rings is 3. The average molecular weight is 576 g/mol. The van der Waals surface area contributed by atoms with E-state index in [9.17, 15) is 14.4 Å². The van der Waals surface area contributed by atoms with Crippen molar-refractivity contribution in [1.29, 1.82) is 0 Å². The summed E-state index contributed by atoms with van der Waals surface area (Å²) in [6.07, 6.45) is 4.97. The van der Waals surface area contributed by atoms with Crippen LogP contribution in [0.15, 0.2) is 90.0 Å². The topological polar surface area (TPSA) is 103 Å². The van der Waals surface area contributed by atoms with Crippen molar-refractivity contribution in [2.24, 2.45) is 0 Å². The molecule has 8 heteroatoms. The SMILES string of the molecule is O=C(CNCCCN1CCCCC1)NCc1ccc(C2=C3C(=O)NC(c4ccc(-c5ccccc5)cc4)=C3C(=O)N2)cc1. The van der Waals surface area contributed by atoms with Gasteiger partial charge in [0.05, 0.1) is 29.1 Å². The van der Waals surface area contributed by atoms with Crippen molar-refractivity contribution < 1.29 is 14.4 Å². The number of hydrogen-bond donors (Lipinski definition) is 4. The number of amides is 3. The highest BCUT2D eigenvalue weighted by Gasteiger charge is 2.40. The molecule has 8 nitrogen and oxygen atoms in total. The second-order valence-electron chi connectivity index (χ2n) is 11.3. The molecule has 3 aliphatic rings. The lowest BCUT2D eigenvalue weighted by atomic mass is 9.99. The molecule has 0 atom stereocenters. The second kappa shape index (κ2) is 13.2. The van der Waals surface area contributed by atoms with Gasteiger partial charge in [0.25, 0.3) is 11.8 Å². The first kappa shape index (κ1) is 28.6. The smallest absolute Gasteiger partial charge is 0.258 e. The fraction of sp³-hybridized carbons (Fsp3) is 0.286. The van der Waals surface area contributed by atoms with E-state index in [0.29, 0.717) is 35.6 Å². The van der Waals surface area contributed by atoms with Gasteiger partial charge in [-0.3, -0.25) is 14.4 Å². The minimum absolute atomic E-state index is 0.0447. The molecule has 3 aliphatic heterocycles. The molecule has 0 saturated carbocycles. The second-order valence-corrected chi connectivity index (χ2v) is 11.3. The van der Waals surface area contributed by atoms with Crippen LogP contribution in [0.1, 0.15) is 42.4 Å². The van der Waals surface area contributed by atoms with Crippen LogP contribution in [0.3, 0.4) is 0 Å². The summed E-state index contributed by atoms with van der Waals surface area (Å²) < 4.78 is 0. The molecule has 43 heavy (non-hydrogen) atoms. The molecule has 0 spiro atoms. The maximum Gasteiger partial charge on any atom is 0.258 e. The summed E-state index contributed by atoms with van der Waals surface area (Å²) in [6, 6.07) is 25.4. The van der Waals surface area contributed by atoms with Crippen molar-refractivity contribution in [1.82, 2.24) is 26.2 Å². The standard InChI is InChI=1S/C35H37N5O3/c41-29(23-36-18-7-21-40-19-5-2-6-20-40)37-22-24-10-12-27(13-11-24)32-30-31(35(43)38-32)33(39-34(30)42)28-16-14-26(15-17-28)25-8-3-1-4-9-25/h1,3-4,8-17,36H,2,5-7,18-23H2,(H,37,41)(H,38,43)(H,39,42). The van der Waals surface area contributed by atoms with E-state index in [2.05, 4.69) is 26.2 Å². The zero-order chi connectivity index (χ0) is 29.6. The van der Waals surface area contributed by atoms with E-state index in [1.54, 1.807) is 0 Å². The highest BCUT2D eigenvalue weighted by Crippen LogP contribution is 2.37. The molecule has 3 aromatic rings. The third-order valence-electron chi connectivity index (χ3n) is 8.26. The summed E-state index contributed by atoms with van der Waals surface area (Å²) in [5.74, 6) is -0.646. The number of rotatable bonds is 11. The average Bonchev–Trinajstić information content (AvgIpc) is 3.58. The van der Waals surface area contributed by atoms with E-state index in [4.69, 9.17) is 0 Å². The number of likely N-dealkylation sites (tertiary alicyclic amines) is 1. The zero-order valence-electron chi connectivity index (χ0n) is 24.2. The van der Waals surface area contributed by atoms with Gasteiger partial charge in [0, 0.05) is 6.54 Å². The number of fused-ring (bicyclic) bond motifs is 1. The lowest BCUT2D eigenvalue weighted by Gasteiger charge is -2.26. The van der Waals surface area contributed by atoms with Gasteiger partial charge in [-0.15, -0.1) is 0 Å². The normalized spacial score (nSPS) is 16.7. The number of nitrogens with one attached hydrogen (secondary N) is 4. The molecule has 4 N–H and O–H groups in total. The Hall–Kier alpha value is -4.53. The first-order valence-electron chi connectivity index (χ1n) is 15.1. The summed E-state index contributed by atoms with van der Waals surface area (Å²) in [7, 11) is 0. The van der Waals surface area contributed by atoms with E-state index in [1.807, 2.05) is 78.9 Å². The van der Waals surface area contributed by atoms with Crippen LogP contribution in [0, 0.1) is 0 Å². The molecule has 0 aliphatic carbocycles. The molecule has 0 bridgehead atoms. The van der Waals surface area contributed by atoms with E-state index < -0.39 is 0 Å². The summed E-state index contributed by atoms with van der Waals surface area (Å²) in [5, 5.41) is 12.0. The van der Waals surface area contributed by atoms with Crippen LogP contribution in [0.2, 0.25) is 0 Å². The van der Waals surface area contributed by atoms with Gasteiger partial charge in [-0.2, -0.15) is 0 Å². The molecular weight excluding hydrogens is 538 g/mol. The minimum Gasteiger partial charge on any atom is -0.351 e. The molecule has 3 amide bonds. The number of hydrogen-bond acceptors (Lipinski definition) is 5. The van der Waals surface area contributed by atoms with Crippen LogP contribution in [-0.2, 0) is 20.9 Å². The molecule has 0 aromatic heterocycles. The Morgan fingerprint density at radius 2 is 1.26 bits per heavy atom. The number of nitrogens with zero attached hydrogens (tertiary/aromatic N) is 1. The van der Waals surface area contributed by atoms with Gasteiger partial charge in [0.1, 0.15) is 0 Å². The van der Waals surface area contributed by atoms with Gasteiger partial charge in [-0.25, -0.2) is 0 Å². The van der Waals surface area contributed by atoms with Gasteiger partial charge in [-0.1, -0.05) is 85.3 Å². The van der Waals surface area contributed by atoms with E-state index >= 15 is 0 Å². The van der Waals surface area contributed by atoms with Crippen LogP contribution in [0.5, 0.6) is 0 Å². The Morgan fingerprint density at radius 3 is 1.88 bits per heavy atom. The quantitative estimate of drug-likeness (QED) is 0.261. The summed E-state index contributed by atoms with van der Waals surface area (Å²) in [4.78, 5) is 40.9. The van der Waals surface area contributed by atoms with Crippen molar-refractivity contribution in [3.05, 3.63) is 107 Å². The lowest BCUT2D eigenvalue weighted by molar-refractivity contribution is -0.120. The van der Waals surface area contributed by atoms with Gasteiger partial charge >= 0.3 is 0 Å². The first-order valence-corrected chi connectivity index (χ1v) is 15.1. The largest absolute Gasteiger partial charge is 0.351 e. The highest BCUT2D eigenvalue weighted by atomic mass is 16.2. The maximum absolute atomic E-state index is 13.1. The Labute approximate surface area is 252 Å². The summed E-state index contributed by atoms with van der Waals surface area (Å²) >= 11 is 0. The Kier molecular flexibility index (Phi) is 8.77. The van der Waals surface area contributed by atoms with Gasteiger partial charge in [0.15, 0.2) is 0 Å². The molecule has 220 valence electrons. The molecule has 0 radical (unpaired) electrons. The van der Waals surface area contributed by atoms with Crippen molar-refractivity contribution in [2.45, 2.75) is 32.2 Å². The van der Waals surface area contributed by atoms with Gasteiger partial charge in [0.2, 0.25) is 5.91 Å². The molecular formula is C35H37N5O3. The van der Waals surface area contributed by atoms with Crippen LogP contribution in [0.4, 0.5) is 0 Å². The van der Waals surface area contributed by atoms with Crippen molar-refractivity contribution >= 4 is 29.1 Å². The van der Waals surface area contributed by atoms with Crippen LogP contribution in [0.25, 0.3) is 22.5 Å². The Balaban J connectivity index is 1.05. The highest BCUT2D eigenvalue weighted by molar-refractivity contribution is 6.30. The first-order chi connectivity index (χ1) is 21.1. The van der Waals surface area contributed by atoms with Crippen molar-refractivity contribution in [2.75, 3.05) is 32.7 Å². The maximum atomic E-state index is 13.1. The van der Waals surface area contributed by atoms with Crippen LogP contribution >= 0.6 is 0 Å². The minimum atomic E-state index is -0.301.